The van der Waals surface area contributed by atoms with Crippen molar-refractivity contribution < 1.29 is 17.9 Å². The lowest BCUT2D eigenvalue weighted by atomic mass is 9.92. The van der Waals surface area contributed by atoms with Gasteiger partial charge >= 0.3 is 16.3 Å². The molecule has 1 aliphatic rings. The normalized spacial score (nSPS) is 25.7. The number of nitrogens with two attached hydrogens (primary N) is 1. The zero-order chi connectivity index (χ0) is 13.8. The van der Waals surface area contributed by atoms with E-state index in [1.165, 1.54) is 4.31 Å². The van der Waals surface area contributed by atoms with E-state index in [0.717, 1.165) is 6.42 Å². The molecule has 0 radical (unpaired) electrons. The van der Waals surface area contributed by atoms with Crippen LogP contribution in [-0.4, -0.2) is 44.6 Å². The third-order valence-corrected chi connectivity index (χ3v) is 4.54. The van der Waals surface area contributed by atoms with Gasteiger partial charge in [0.1, 0.15) is 0 Å². The standard InChI is InChI=1S/C10H21N3O4S/c1-3-8-7-13(6-5-9(8)11)18(15,16)12-10(14)17-4-2/h8-9H,3-7,11H2,1-2H3,(H,12,14). The molecule has 0 spiro atoms. The number of carbonyl (C=O) groups is 1. The summed E-state index contributed by atoms with van der Waals surface area (Å²) < 4.78 is 31.5. The average Bonchev–Trinajstić information content (AvgIpc) is 2.28. The predicted molar refractivity (Wildman–Crippen MR) is 67.0 cm³/mol. The van der Waals surface area contributed by atoms with Crippen molar-refractivity contribution in [2.24, 2.45) is 11.7 Å². The van der Waals surface area contributed by atoms with Gasteiger partial charge in [-0.05, 0) is 19.3 Å². The largest absolute Gasteiger partial charge is 0.449 e. The van der Waals surface area contributed by atoms with Gasteiger partial charge in [0, 0.05) is 19.1 Å². The van der Waals surface area contributed by atoms with E-state index in [1.807, 2.05) is 11.6 Å². The summed E-state index contributed by atoms with van der Waals surface area (Å²) in [5.74, 6) is 0.123. The molecule has 7 nitrogen and oxygen atoms in total. The molecule has 0 bridgehead atoms. The Morgan fingerprint density at radius 2 is 2.17 bits per heavy atom. The molecule has 18 heavy (non-hydrogen) atoms. The van der Waals surface area contributed by atoms with Gasteiger partial charge < -0.3 is 10.5 Å². The van der Waals surface area contributed by atoms with E-state index in [2.05, 4.69) is 4.74 Å². The Balaban J connectivity index is 2.65. The number of hydrogen-bond donors (Lipinski definition) is 2. The minimum absolute atomic E-state index is 0.0176. The van der Waals surface area contributed by atoms with Crippen molar-refractivity contribution in [1.82, 2.24) is 9.03 Å². The summed E-state index contributed by atoms with van der Waals surface area (Å²) in [6.45, 7) is 4.38. The molecule has 0 saturated carbocycles. The fraction of sp³-hybridized carbons (Fsp3) is 0.900. The molecular weight excluding hydrogens is 258 g/mol. The van der Waals surface area contributed by atoms with Gasteiger partial charge in [-0.1, -0.05) is 13.3 Å². The van der Waals surface area contributed by atoms with Crippen LogP contribution in [0.4, 0.5) is 4.79 Å². The van der Waals surface area contributed by atoms with Crippen molar-refractivity contribution >= 4 is 16.3 Å². The molecule has 3 N–H and O–H groups in total. The number of carbonyl (C=O) groups excluding carboxylic acids is 1. The predicted octanol–water partition coefficient (Wildman–Crippen LogP) is 0.0365. The highest BCUT2D eigenvalue weighted by atomic mass is 32.2. The molecule has 2 unspecified atom stereocenters. The molecule has 2 atom stereocenters. The Bertz CT molecular complexity index is 385. The van der Waals surface area contributed by atoms with Crippen LogP contribution in [0.5, 0.6) is 0 Å². The van der Waals surface area contributed by atoms with Gasteiger partial charge in [-0.25, -0.2) is 9.52 Å². The molecule has 1 rings (SSSR count). The van der Waals surface area contributed by atoms with Gasteiger partial charge in [-0.3, -0.25) is 0 Å². The molecule has 1 fully saturated rings. The van der Waals surface area contributed by atoms with Gasteiger partial charge in [-0.2, -0.15) is 12.7 Å². The van der Waals surface area contributed by atoms with Crippen molar-refractivity contribution in [1.29, 1.82) is 0 Å². The lowest BCUT2D eigenvalue weighted by Gasteiger charge is -2.35. The highest BCUT2D eigenvalue weighted by Crippen LogP contribution is 2.20. The third kappa shape index (κ3) is 3.82. The minimum atomic E-state index is -3.82. The Kier molecular flexibility index (Phi) is 5.36. The molecule has 0 aromatic carbocycles. The van der Waals surface area contributed by atoms with Gasteiger partial charge in [0.25, 0.3) is 0 Å². The number of nitrogens with one attached hydrogen (secondary N) is 1. The van der Waals surface area contributed by atoms with Crippen molar-refractivity contribution in [2.45, 2.75) is 32.7 Å². The topological polar surface area (TPSA) is 102 Å². The van der Waals surface area contributed by atoms with Gasteiger partial charge in [0.15, 0.2) is 0 Å². The first-order valence-corrected chi connectivity index (χ1v) is 7.55. The molecule has 8 heteroatoms. The Morgan fingerprint density at radius 1 is 1.50 bits per heavy atom. The maximum atomic E-state index is 11.9. The van der Waals surface area contributed by atoms with E-state index in [-0.39, 0.29) is 18.6 Å². The number of amides is 1. The lowest BCUT2D eigenvalue weighted by Crippen LogP contribution is -2.53. The van der Waals surface area contributed by atoms with Crippen LogP contribution in [-0.2, 0) is 14.9 Å². The molecule has 1 amide bonds. The van der Waals surface area contributed by atoms with E-state index in [9.17, 15) is 13.2 Å². The smallest absolute Gasteiger partial charge is 0.421 e. The maximum absolute atomic E-state index is 11.9. The highest BCUT2D eigenvalue weighted by molar-refractivity contribution is 7.87. The van der Waals surface area contributed by atoms with Crippen molar-refractivity contribution in [3.8, 4) is 0 Å². The second kappa shape index (κ2) is 6.35. The van der Waals surface area contributed by atoms with Gasteiger partial charge in [0.05, 0.1) is 6.61 Å². The number of rotatable bonds is 4. The summed E-state index contributed by atoms with van der Waals surface area (Å²) in [7, 11) is -3.82. The van der Waals surface area contributed by atoms with Crippen LogP contribution in [0, 0.1) is 5.92 Å². The van der Waals surface area contributed by atoms with Gasteiger partial charge in [-0.15, -0.1) is 0 Å². The summed E-state index contributed by atoms with van der Waals surface area (Å²) in [5, 5.41) is 0. The SMILES string of the molecule is CCOC(=O)NS(=O)(=O)N1CCC(N)C(CC)C1. The number of nitrogens with zero attached hydrogens (tertiary/aromatic N) is 1. The maximum Gasteiger partial charge on any atom is 0.421 e. The lowest BCUT2D eigenvalue weighted by molar-refractivity contribution is 0.157. The fourth-order valence-corrected chi connectivity index (χ4v) is 3.13. The first-order chi connectivity index (χ1) is 8.40. The van der Waals surface area contributed by atoms with E-state index in [0.29, 0.717) is 19.5 Å². The second-order valence-corrected chi connectivity index (χ2v) is 5.98. The van der Waals surface area contributed by atoms with Crippen LogP contribution in [0.2, 0.25) is 0 Å². The van der Waals surface area contributed by atoms with Crippen LogP contribution >= 0.6 is 0 Å². The zero-order valence-electron chi connectivity index (χ0n) is 10.8. The Labute approximate surface area is 108 Å². The molecule has 1 heterocycles. The molecule has 1 saturated heterocycles. The monoisotopic (exact) mass is 279 g/mol. The number of piperidine rings is 1. The summed E-state index contributed by atoms with van der Waals surface area (Å²) >= 11 is 0. The molecule has 1 aliphatic heterocycles. The first kappa shape index (κ1) is 15.2. The van der Waals surface area contributed by atoms with Crippen molar-refractivity contribution in [2.75, 3.05) is 19.7 Å². The van der Waals surface area contributed by atoms with Crippen molar-refractivity contribution in [3.05, 3.63) is 0 Å². The average molecular weight is 279 g/mol. The van der Waals surface area contributed by atoms with Crippen LogP contribution in [0.15, 0.2) is 0 Å². The molecule has 0 aliphatic carbocycles. The number of ether oxygens (including phenoxy) is 1. The zero-order valence-corrected chi connectivity index (χ0v) is 11.6. The fourth-order valence-electron chi connectivity index (χ4n) is 2.00. The third-order valence-electron chi connectivity index (χ3n) is 3.11. The summed E-state index contributed by atoms with van der Waals surface area (Å²) in [5.41, 5.74) is 5.91. The van der Waals surface area contributed by atoms with Crippen LogP contribution in [0.25, 0.3) is 0 Å². The Morgan fingerprint density at radius 3 is 2.72 bits per heavy atom. The highest BCUT2D eigenvalue weighted by Gasteiger charge is 2.33. The summed E-state index contributed by atoms with van der Waals surface area (Å²) in [4.78, 5) is 11.2. The molecular formula is C10H21N3O4S. The molecule has 0 aromatic heterocycles. The molecule has 106 valence electrons. The summed E-state index contributed by atoms with van der Waals surface area (Å²) in [6, 6.07) is 0.0176. The van der Waals surface area contributed by atoms with Crippen LogP contribution < -0.4 is 10.5 Å². The number of hydrogen-bond acceptors (Lipinski definition) is 5. The van der Waals surface area contributed by atoms with E-state index < -0.39 is 16.3 Å². The van der Waals surface area contributed by atoms with Gasteiger partial charge in [0.2, 0.25) is 0 Å². The Hall–Kier alpha value is -0.860. The van der Waals surface area contributed by atoms with E-state index in [1.54, 1.807) is 6.92 Å². The summed E-state index contributed by atoms with van der Waals surface area (Å²) in [6.07, 6.45) is 0.467. The quantitative estimate of drug-likeness (QED) is 0.756. The molecule has 0 aromatic rings. The first-order valence-electron chi connectivity index (χ1n) is 6.11. The second-order valence-electron chi connectivity index (χ2n) is 4.31. The van der Waals surface area contributed by atoms with Crippen LogP contribution in [0.1, 0.15) is 26.7 Å². The van der Waals surface area contributed by atoms with E-state index in [4.69, 9.17) is 5.73 Å². The minimum Gasteiger partial charge on any atom is -0.449 e. The van der Waals surface area contributed by atoms with Crippen molar-refractivity contribution in [3.63, 3.8) is 0 Å². The van der Waals surface area contributed by atoms with E-state index >= 15 is 0 Å². The van der Waals surface area contributed by atoms with Crippen LogP contribution in [0.3, 0.4) is 0 Å².